The Bertz CT molecular complexity index is 437. The van der Waals surface area contributed by atoms with Gasteiger partial charge in [0.1, 0.15) is 5.82 Å². The molecule has 5 nitrogen and oxygen atoms in total. The summed E-state index contributed by atoms with van der Waals surface area (Å²) in [6, 6.07) is 0. The molecule has 0 bridgehead atoms. The Morgan fingerprint density at radius 2 is 2.11 bits per heavy atom. The number of fused-ring (bicyclic) bond motifs is 1. The van der Waals surface area contributed by atoms with Crippen molar-refractivity contribution in [3.8, 4) is 0 Å². The summed E-state index contributed by atoms with van der Waals surface area (Å²) in [4.78, 5) is 7.31. The predicted octanol–water partition coefficient (Wildman–Crippen LogP) is 0.724. The molecule has 0 saturated carbocycles. The molecule has 1 aromatic rings. The number of nitrogens with two attached hydrogens (primary N) is 1. The summed E-state index contributed by atoms with van der Waals surface area (Å²) >= 11 is 0. The molecule has 1 saturated heterocycles. The second kappa shape index (κ2) is 5.61. The summed E-state index contributed by atoms with van der Waals surface area (Å²) in [5, 5.41) is 0. The molecule has 0 amide bonds. The van der Waals surface area contributed by atoms with Crippen molar-refractivity contribution in [2.75, 3.05) is 33.4 Å². The maximum absolute atomic E-state index is 5.73. The number of ether oxygens (including phenoxy) is 1. The molecule has 0 aliphatic carbocycles. The molecule has 1 aromatic heterocycles. The van der Waals surface area contributed by atoms with E-state index in [1.54, 1.807) is 0 Å². The van der Waals surface area contributed by atoms with E-state index in [-0.39, 0.29) is 0 Å². The van der Waals surface area contributed by atoms with Crippen LogP contribution >= 0.6 is 0 Å². The van der Waals surface area contributed by atoms with Crippen molar-refractivity contribution in [2.45, 2.75) is 38.3 Å². The lowest BCUT2D eigenvalue weighted by molar-refractivity contribution is 0.0823. The van der Waals surface area contributed by atoms with E-state index >= 15 is 0 Å². The molecule has 19 heavy (non-hydrogen) atoms. The smallest absolute Gasteiger partial charge is 0.112 e. The molecule has 5 heteroatoms. The first-order chi connectivity index (χ1) is 9.29. The minimum absolute atomic E-state index is 0.572. The molecule has 3 heterocycles. The molecule has 3 rings (SSSR count). The van der Waals surface area contributed by atoms with Gasteiger partial charge in [0.25, 0.3) is 0 Å². The average Bonchev–Trinajstić information content (AvgIpc) is 2.79. The molecule has 106 valence electrons. The van der Waals surface area contributed by atoms with Gasteiger partial charge in [0.2, 0.25) is 0 Å². The third kappa shape index (κ3) is 2.55. The Hall–Kier alpha value is -0.910. The zero-order valence-corrected chi connectivity index (χ0v) is 11.8. The van der Waals surface area contributed by atoms with E-state index in [4.69, 9.17) is 15.5 Å². The first-order valence-electron chi connectivity index (χ1n) is 7.34. The molecule has 0 spiro atoms. The summed E-state index contributed by atoms with van der Waals surface area (Å²) in [5.74, 6) is 1.86. The SMILES string of the molecule is CN1CCn2c(C3CCOCC3)nc(CCN)c2C1. The second-order valence-electron chi connectivity index (χ2n) is 5.68. The van der Waals surface area contributed by atoms with Gasteiger partial charge in [-0.05, 0) is 26.4 Å². The fourth-order valence-corrected chi connectivity index (χ4v) is 3.19. The quantitative estimate of drug-likeness (QED) is 0.874. The van der Waals surface area contributed by atoms with E-state index in [1.807, 2.05) is 0 Å². The zero-order chi connectivity index (χ0) is 13.2. The van der Waals surface area contributed by atoms with Gasteiger partial charge in [-0.25, -0.2) is 4.98 Å². The predicted molar refractivity (Wildman–Crippen MR) is 74.1 cm³/mol. The first-order valence-corrected chi connectivity index (χ1v) is 7.34. The minimum atomic E-state index is 0.572. The maximum atomic E-state index is 5.73. The molecule has 0 unspecified atom stereocenters. The van der Waals surface area contributed by atoms with Crippen LogP contribution in [-0.4, -0.2) is 47.8 Å². The highest BCUT2D eigenvalue weighted by Crippen LogP contribution is 2.30. The Balaban J connectivity index is 1.93. The van der Waals surface area contributed by atoms with Gasteiger partial charge in [-0.1, -0.05) is 0 Å². The van der Waals surface area contributed by atoms with Crippen LogP contribution in [0.1, 0.15) is 36.0 Å². The van der Waals surface area contributed by atoms with E-state index < -0.39 is 0 Å². The molecule has 2 N–H and O–H groups in total. The lowest BCUT2D eigenvalue weighted by Crippen LogP contribution is -2.32. The number of likely N-dealkylation sites (N-methyl/N-ethyl adjacent to an activating group) is 1. The van der Waals surface area contributed by atoms with Gasteiger partial charge in [-0.2, -0.15) is 0 Å². The number of hydrogen-bond donors (Lipinski definition) is 1. The Labute approximate surface area is 114 Å². The Morgan fingerprint density at radius 1 is 1.32 bits per heavy atom. The van der Waals surface area contributed by atoms with Gasteiger partial charge in [0.05, 0.1) is 11.4 Å². The van der Waals surface area contributed by atoms with E-state index in [9.17, 15) is 0 Å². The van der Waals surface area contributed by atoms with Crippen LogP contribution in [0.15, 0.2) is 0 Å². The maximum Gasteiger partial charge on any atom is 0.112 e. The number of aromatic nitrogens is 2. The Kier molecular flexibility index (Phi) is 3.86. The Morgan fingerprint density at radius 3 is 2.84 bits per heavy atom. The largest absolute Gasteiger partial charge is 0.381 e. The van der Waals surface area contributed by atoms with Crippen molar-refractivity contribution >= 4 is 0 Å². The highest BCUT2D eigenvalue weighted by molar-refractivity contribution is 5.22. The first kappa shape index (κ1) is 13.1. The lowest BCUT2D eigenvalue weighted by Gasteiger charge is -2.28. The van der Waals surface area contributed by atoms with Gasteiger partial charge in [0.15, 0.2) is 0 Å². The lowest BCUT2D eigenvalue weighted by atomic mass is 9.99. The molecular formula is C14H24N4O. The van der Waals surface area contributed by atoms with Gasteiger partial charge < -0.3 is 15.0 Å². The fourth-order valence-electron chi connectivity index (χ4n) is 3.19. The molecule has 0 radical (unpaired) electrons. The molecule has 0 atom stereocenters. The van der Waals surface area contributed by atoms with Crippen LogP contribution in [0.2, 0.25) is 0 Å². The van der Waals surface area contributed by atoms with Gasteiger partial charge in [-0.15, -0.1) is 0 Å². The van der Waals surface area contributed by atoms with Crippen LogP contribution in [0.5, 0.6) is 0 Å². The highest BCUT2D eigenvalue weighted by Gasteiger charge is 2.27. The summed E-state index contributed by atoms with van der Waals surface area (Å²) in [6.45, 7) is 5.61. The van der Waals surface area contributed by atoms with Crippen LogP contribution in [0.25, 0.3) is 0 Å². The highest BCUT2D eigenvalue weighted by atomic mass is 16.5. The molecule has 2 aliphatic rings. The second-order valence-corrected chi connectivity index (χ2v) is 5.68. The van der Waals surface area contributed by atoms with Crippen molar-refractivity contribution in [1.29, 1.82) is 0 Å². The van der Waals surface area contributed by atoms with Crippen molar-refractivity contribution in [3.05, 3.63) is 17.2 Å². The van der Waals surface area contributed by atoms with Crippen LogP contribution < -0.4 is 5.73 Å². The number of hydrogen-bond acceptors (Lipinski definition) is 4. The van der Waals surface area contributed by atoms with Crippen molar-refractivity contribution in [1.82, 2.24) is 14.5 Å². The molecule has 0 aromatic carbocycles. The standard InChI is InChI=1S/C14H24N4O/c1-17-6-7-18-13(10-17)12(2-5-15)16-14(18)11-3-8-19-9-4-11/h11H,2-10,15H2,1H3. The van der Waals surface area contributed by atoms with Gasteiger partial charge in [-0.3, -0.25) is 4.90 Å². The monoisotopic (exact) mass is 264 g/mol. The summed E-state index contributed by atoms with van der Waals surface area (Å²) < 4.78 is 7.93. The minimum Gasteiger partial charge on any atom is -0.381 e. The molecule has 1 fully saturated rings. The van der Waals surface area contributed by atoms with E-state index in [2.05, 4.69) is 16.5 Å². The zero-order valence-electron chi connectivity index (χ0n) is 11.8. The van der Waals surface area contributed by atoms with Crippen molar-refractivity contribution in [2.24, 2.45) is 5.73 Å². The topological polar surface area (TPSA) is 56.3 Å². The van der Waals surface area contributed by atoms with E-state index in [1.165, 1.54) is 17.2 Å². The number of nitrogens with zero attached hydrogens (tertiary/aromatic N) is 3. The van der Waals surface area contributed by atoms with Crippen LogP contribution in [0.4, 0.5) is 0 Å². The fraction of sp³-hybridized carbons (Fsp3) is 0.786. The van der Waals surface area contributed by atoms with Crippen molar-refractivity contribution < 1.29 is 4.74 Å². The van der Waals surface area contributed by atoms with E-state index in [0.717, 1.165) is 52.1 Å². The van der Waals surface area contributed by atoms with Crippen LogP contribution in [-0.2, 0) is 24.2 Å². The summed E-state index contributed by atoms with van der Waals surface area (Å²) in [7, 11) is 2.18. The third-order valence-corrected chi connectivity index (χ3v) is 4.28. The molecular weight excluding hydrogens is 240 g/mol. The molecule has 2 aliphatic heterocycles. The van der Waals surface area contributed by atoms with E-state index in [0.29, 0.717) is 12.5 Å². The normalized spacial score (nSPS) is 21.6. The van der Waals surface area contributed by atoms with Crippen LogP contribution in [0, 0.1) is 0 Å². The number of rotatable bonds is 3. The van der Waals surface area contributed by atoms with Crippen molar-refractivity contribution in [3.63, 3.8) is 0 Å². The summed E-state index contributed by atoms with van der Waals surface area (Å²) in [5.41, 5.74) is 8.34. The van der Waals surface area contributed by atoms with Gasteiger partial charge >= 0.3 is 0 Å². The van der Waals surface area contributed by atoms with Gasteiger partial charge in [0, 0.05) is 45.2 Å². The van der Waals surface area contributed by atoms with Crippen LogP contribution in [0.3, 0.4) is 0 Å². The third-order valence-electron chi connectivity index (χ3n) is 4.28. The average molecular weight is 264 g/mol. The number of imidazole rings is 1. The summed E-state index contributed by atoms with van der Waals surface area (Å²) in [6.07, 6.45) is 3.11.